The van der Waals surface area contributed by atoms with Crippen LogP contribution in [0.2, 0.25) is 0 Å². The minimum atomic E-state index is -0.642. The Hall–Kier alpha value is -2.34. The Morgan fingerprint density at radius 1 is 1.37 bits per heavy atom. The summed E-state index contributed by atoms with van der Waals surface area (Å²) < 4.78 is 4.66. The molecule has 1 aromatic carbocycles. The van der Waals surface area contributed by atoms with Crippen molar-refractivity contribution in [3.63, 3.8) is 0 Å². The molecule has 0 radical (unpaired) electrons. The number of aromatic nitrogens is 1. The zero-order chi connectivity index (χ0) is 13.7. The van der Waals surface area contributed by atoms with Crippen molar-refractivity contribution in [2.75, 3.05) is 0 Å². The van der Waals surface area contributed by atoms with Gasteiger partial charge in [0.1, 0.15) is 17.7 Å². The van der Waals surface area contributed by atoms with Gasteiger partial charge in [-0.05, 0) is 24.1 Å². The number of aromatic hydroxyl groups is 1. The van der Waals surface area contributed by atoms with Gasteiger partial charge in [-0.15, -0.1) is 0 Å². The van der Waals surface area contributed by atoms with Gasteiger partial charge in [0.2, 0.25) is 5.91 Å². The van der Waals surface area contributed by atoms with E-state index in [9.17, 15) is 4.79 Å². The van der Waals surface area contributed by atoms with Crippen LogP contribution in [0.4, 0.5) is 0 Å². The van der Waals surface area contributed by atoms with Crippen LogP contribution in [0.5, 0.6) is 5.75 Å². The number of nitrogens with one attached hydrogen (secondary N) is 1. The molecule has 2 rings (SSSR count). The highest BCUT2D eigenvalue weighted by atomic mass is 16.5. The Morgan fingerprint density at radius 2 is 2.11 bits per heavy atom. The van der Waals surface area contributed by atoms with Crippen molar-refractivity contribution in [3.05, 3.63) is 47.9 Å². The van der Waals surface area contributed by atoms with Crippen LogP contribution in [0.25, 0.3) is 0 Å². The molecule has 0 saturated heterocycles. The Balaban J connectivity index is 1.83. The Kier molecular flexibility index (Phi) is 4.15. The van der Waals surface area contributed by atoms with Gasteiger partial charge in [-0.25, -0.2) is 0 Å². The fourth-order valence-corrected chi connectivity index (χ4v) is 1.62. The number of phenolic OH excluding ortho intramolecular Hbond substituents is 1. The molecule has 1 aromatic heterocycles. The fourth-order valence-electron chi connectivity index (χ4n) is 1.62. The third-order valence-electron chi connectivity index (χ3n) is 2.66. The van der Waals surface area contributed by atoms with Crippen LogP contribution in [0.3, 0.4) is 0 Å². The molecule has 0 aliphatic rings. The third kappa shape index (κ3) is 3.82. The van der Waals surface area contributed by atoms with Crippen molar-refractivity contribution in [3.8, 4) is 5.75 Å². The van der Waals surface area contributed by atoms with Gasteiger partial charge in [0.25, 0.3) is 0 Å². The van der Waals surface area contributed by atoms with E-state index in [0.717, 1.165) is 5.56 Å². The Morgan fingerprint density at radius 3 is 2.74 bits per heavy atom. The lowest BCUT2D eigenvalue weighted by atomic mass is 10.1. The number of phenols is 1. The number of carbonyl (C=O) groups excluding carboxylic acids is 1. The second-order valence-electron chi connectivity index (χ2n) is 4.19. The van der Waals surface area contributed by atoms with Crippen LogP contribution in [0.1, 0.15) is 11.3 Å². The van der Waals surface area contributed by atoms with Gasteiger partial charge >= 0.3 is 0 Å². The van der Waals surface area contributed by atoms with Crippen LogP contribution in [-0.4, -0.2) is 22.2 Å². The van der Waals surface area contributed by atoms with Crippen LogP contribution >= 0.6 is 0 Å². The summed E-state index contributed by atoms with van der Waals surface area (Å²) in [6.07, 6.45) is 1.85. The molecule has 1 heterocycles. The zero-order valence-electron chi connectivity index (χ0n) is 10.2. The lowest BCUT2D eigenvalue weighted by molar-refractivity contribution is -0.122. The number of hydrogen-bond donors (Lipinski definition) is 3. The highest BCUT2D eigenvalue weighted by Crippen LogP contribution is 2.10. The highest BCUT2D eigenvalue weighted by Gasteiger charge is 2.14. The number of nitrogens with two attached hydrogens (primary N) is 1. The molecule has 6 heteroatoms. The molecule has 1 amide bonds. The average Bonchev–Trinajstić information content (AvgIpc) is 2.91. The minimum Gasteiger partial charge on any atom is -0.508 e. The van der Waals surface area contributed by atoms with E-state index in [1.165, 1.54) is 6.26 Å². The van der Waals surface area contributed by atoms with Gasteiger partial charge < -0.3 is 20.7 Å². The van der Waals surface area contributed by atoms with Crippen LogP contribution in [0.15, 0.2) is 41.1 Å². The van der Waals surface area contributed by atoms with Crippen molar-refractivity contribution >= 4 is 5.91 Å². The largest absolute Gasteiger partial charge is 0.508 e. The van der Waals surface area contributed by atoms with E-state index in [2.05, 4.69) is 15.0 Å². The number of hydrogen-bond acceptors (Lipinski definition) is 5. The van der Waals surface area contributed by atoms with Crippen molar-refractivity contribution in [2.45, 2.75) is 19.0 Å². The number of benzene rings is 1. The van der Waals surface area contributed by atoms with E-state index in [0.29, 0.717) is 18.7 Å². The Labute approximate surface area is 110 Å². The van der Waals surface area contributed by atoms with Gasteiger partial charge in [-0.2, -0.15) is 0 Å². The topological polar surface area (TPSA) is 101 Å². The number of nitrogens with zero attached hydrogens (tertiary/aromatic N) is 1. The van der Waals surface area contributed by atoms with Gasteiger partial charge in [-0.3, -0.25) is 4.79 Å². The summed E-state index contributed by atoms with van der Waals surface area (Å²) in [5.41, 5.74) is 7.34. The summed E-state index contributed by atoms with van der Waals surface area (Å²) in [4.78, 5) is 11.8. The maximum Gasteiger partial charge on any atom is 0.237 e. The molecule has 4 N–H and O–H groups in total. The van der Waals surface area contributed by atoms with Crippen LogP contribution in [-0.2, 0) is 17.8 Å². The first kappa shape index (κ1) is 13.1. The van der Waals surface area contributed by atoms with E-state index in [1.807, 2.05) is 0 Å². The van der Waals surface area contributed by atoms with Gasteiger partial charge in [0.15, 0.2) is 0 Å². The van der Waals surface area contributed by atoms with Gasteiger partial charge in [-0.1, -0.05) is 17.3 Å². The lowest BCUT2D eigenvalue weighted by Gasteiger charge is -2.11. The van der Waals surface area contributed by atoms with E-state index in [4.69, 9.17) is 10.8 Å². The molecule has 0 aliphatic carbocycles. The number of amides is 1. The summed E-state index contributed by atoms with van der Waals surface area (Å²) in [7, 11) is 0. The molecule has 1 atom stereocenters. The van der Waals surface area contributed by atoms with E-state index >= 15 is 0 Å². The maximum absolute atomic E-state index is 11.8. The predicted octanol–water partition coefficient (Wildman–Crippen LogP) is 0.566. The second-order valence-corrected chi connectivity index (χ2v) is 4.19. The van der Waals surface area contributed by atoms with Crippen LogP contribution < -0.4 is 11.1 Å². The third-order valence-corrected chi connectivity index (χ3v) is 2.66. The molecule has 0 fully saturated rings. The van der Waals surface area contributed by atoms with E-state index < -0.39 is 6.04 Å². The first-order chi connectivity index (χ1) is 9.15. The minimum absolute atomic E-state index is 0.188. The molecule has 0 unspecified atom stereocenters. The standard InChI is InChI=1S/C13H15N3O3/c14-12(7-9-1-3-11(17)4-2-9)13(18)15-8-10-5-6-19-16-10/h1-6,12,17H,7-8,14H2,(H,15,18)/t12-/m0/s1. The summed E-state index contributed by atoms with van der Waals surface area (Å²) in [6.45, 7) is 0.290. The molecular weight excluding hydrogens is 246 g/mol. The predicted molar refractivity (Wildman–Crippen MR) is 68.1 cm³/mol. The smallest absolute Gasteiger partial charge is 0.237 e. The molecule has 0 saturated carbocycles. The molecular formula is C13H15N3O3. The maximum atomic E-state index is 11.8. The first-order valence-electron chi connectivity index (χ1n) is 5.85. The SMILES string of the molecule is N[C@@H](Cc1ccc(O)cc1)C(=O)NCc1ccon1. The molecule has 100 valence electrons. The van der Waals surface area contributed by atoms with Gasteiger partial charge in [0, 0.05) is 6.07 Å². The van der Waals surface area contributed by atoms with E-state index in [1.54, 1.807) is 30.3 Å². The normalized spacial score (nSPS) is 12.1. The van der Waals surface area contributed by atoms with Crippen molar-refractivity contribution in [1.82, 2.24) is 10.5 Å². The first-order valence-corrected chi connectivity index (χ1v) is 5.85. The number of rotatable bonds is 5. The monoisotopic (exact) mass is 261 g/mol. The molecule has 0 bridgehead atoms. The summed E-state index contributed by atoms with van der Waals surface area (Å²) in [5.74, 6) is -0.0659. The van der Waals surface area contributed by atoms with Crippen LogP contribution in [0, 0.1) is 0 Å². The second kappa shape index (κ2) is 6.01. The van der Waals surface area contributed by atoms with Crippen molar-refractivity contribution in [1.29, 1.82) is 0 Å². The quantitative estimate of drug-likeness (QED) is 0.730. The Bertz CT molecular complexity index is 523. The molecule has 0 spiro atoms. The van der Waals surface area contributed by atoms with Crippen molar-refractivity contribution < 1.29 is 14.4 Å². The van der Waals surface area contributed by atoms with Gasteiger partial charge in [0.05, 0.1) is 12.6 Å². The highest BCUT2D eigenvalue weighted by molar-refractivity contribution is 5.81. The fraction of sp³-hybridized carbons (Fsp3) is 0.231. The molecule has 6 nitrogen and oxygen atoms in total. The average molecular weight is 261 g/mol. The lowest BCUT2D eigenvalue weighted by Crippen LogP contribution is -2.41. The zero-order valence-corrected chi connectivity index (χ0v) is 10.2. The molecule has 0 aliphatic heterocycles. The molecule has 19 heavy (non-hydrogen) atoms. The summed E-state index contributed by atoms with van der Waals surface area (Å²) in [5, 5.41) is 15.5. The van der Waals surface area contributed by atoms with Crippen molar-refractivity contribution in [2.24, 2.45) is 5.73 Å². The summed E-state index contributed by atoms with van der Waals surface area (Å²) >= 11 is 0. The summed E-state index contributed by atoms with van der Waals surface area (Å²) in [6, 6.07) is 7.63. The molecule has 2 aromatic rings. The number of carbonyl (C=O) groups is 1. The van der Waals surface area contributed by atoms with E-state index in [-0.39, 0.29) is 11.7 Å².